The topological polar surface area (TPSA) is 40.1 Å². The second kappa shape index (κ2) is 20.4. The number of aliphatic carboxylic acids is 1. The molecule has 29 heavy (non-hydrogen) atoms. The smallest absolute Gasteiger partial charge is 0.119 e. The number of hydrogen-bond donors (Lipinski definition) is 0. The molecule has 0 saturated heterocycles. The molecule has 172 valence electrons. The lowest BCUT2D eigenvalue weighted by atomic mass is 10.1. The highest BCUT2D eigenvalue weighted by atomic mass is 16.4. The van der Waals surface area contributed by atoms with Gasteiger partial charge in [-0.2, -0.15) is 0 Å². The SMILES string of the molecule is CCCCCCCC/C=C\CCCCCCCCCCCC[N+](C)(C)CC(=O)[O-]. The van der Waals surface area contributed by atoms with Crippen LogP contribution in [0.3, 0.4) is 0 Å². The molecular weight excluding hydrogens is 358 g/mol. The number of carbonyl (C=O) groups excluding carboxylic acids is 1. The molecule has 0 spiro atoms. The largest absolute Gasteiger partial charge is 0.544 e. The summed E-state index contributed by atoms with van der Waals surface area (Å²) in [7, 11) is 3.95. The molecule has 0 amide bonds. The molecule has 0 aromatic carbocycles. The predicted octanol–water partition coefficient (Wildman–Crippen LogP) is 6.41. The van der Waals surface area contributed by atoms with Crippen LogP contribution in [0.5, 0.6) is 0 Å². The molecule has 0 heterocycles. The number of carboxylic acids is 1. The molecule has 0 rings (SSSR count). The van der Waals surface area contributed by atoms with Crippen molar-refractivity contribution in [3.05, 3.63) is 12.2 Å². The summed E-state index contributed by atoms with van der Waals surface area (Å²) in [6, 6.07) is 0. The van der Waals surface area contributed by atoms with E-state index >= 15 is 0 Å². The van der Waals surface area contributed by atoms with Gasteiger partial charge in [-0.15, -0.1) is 0 Å². The fourth-order valence-corrected chi connectivity index (χ4v) is 3.92. The molecule has 0 aliphatic carbocycles. The minimum atomic E-state index is -0.945. The van der Waals surface area contributed by atoms with Crippen LogP contribution >= 0.6 is 0 Å². The molecule has 0 aromatic heterocycles. The van der Waals surface area contributed by atoms with Crippen molar-refractivity contribution in [1.29, 1.82) is 0 Å². The van der Waals surface area contributed by atoms with Gasteiger partial charge in [-0.1, -0.05) is 96.1 Å². The van der Waals surface area contributed by atoms with Gasteiger partial charge in [0, 0.05) is 0 Å². The van der Waals surface area contributed by atoms with Crippen molar-refractivity contribution in [2.45, 2.75) is 122 Å². The van der Waals surface area contributed by atoms with E-state index < -0.39 is 5.97 Å². The maximum absolute atomic E-state index is 10.7. The van der Waals surface area contributed by atoms with Gasteiger partial charge in [0.05, 0.1) is 26.6 Å². The van der Waals surface area contributed by atoms with E-state index in [4.69, 9.17) is 0 Å². The van der Waals surface area contributed by atoms with Gasteiger partial charge >= 0.3 is 0 Å². The van der Waals surface area contributed by atoms with Crippen LogP contribution in [0.25, 0.3) is 0 Å². The third-order valence-electron chi connectivity index (χ3n) is 5.83. The molecule has 0 aromatic rings. The van der Waals surface area contributed by atoms with Gasteiger partial charge in [0.2, 0.25) is 0 Å². The van der Waals surface area contributed by atoms with E-state index in [1.807, 2.05) is 14.1 Å². The maximum atomic E-state index is 10.7. The first-order chi connectivity index (χ1) is 14.0. The van der Waals surface area contributed by atoms with Gasteiger partial charge in [0.1, 0.15) is 6.54 Å². The van der Waals surface area contributed by atoms with Crippen LogP contribution < -0.4 is 5.11 Å². The molecule has 0 aliphatic rings. The zero-order valence-electron chi connectivity index (χ0n) is 20.1. The fraction of sp³-hybridized carbons (Fsp3) is 0.885. The Morgan fingerprint density at radius 3 is 1.45 bits per heavy atom. The van der Waals surface area contributed by atoms with Gasteiger partial charge in [-0.3, -0.25) is 0 Å². The van der Waals surface area contributed by atoms with Crippen molar-refractivity contribution >= 4 is 5.97 Å². The first kappa shape index (κ1) is 28.2. The molecular formula is C26H51NO2. The lowest BCUT2D eigenvalue weighted by Gasteiger charge is -2.30. The van der Waals surface area contributed by atoms with E-state index in [2.05, 4.69) is 19.1 Å². The Morgan fingerprint density at radius 1 is 0.655 bits per heavy atom. The molecule has 0 fully saturated rings. The van der Waals surface area contributed by atoms with Crippen molar-refractivity contribution in [2.24, 2.45) is 0 Å². The molecule has 0 aliphatic heterocycles. The monoisotopic (exact) mass is 409 g/mol. The maximum Gasteiger partial charge on any atom is 0.119 e. The van der Waals surface area contributed by atoms with Crippen molar-refractivity contribution in [3.8, 4) is 0 Å². The Hall–Kier alpha value is -0.830. The molecule has 0 unspecified atom stereocenters. The lowest BCUT2D eigenvalue weighted by molar-refractivity contribution is -0.885. The summed E-state index contributed by atoms with van der Waals surface area (Å²) >= 11 is 0. The summed E-state index contributed by atoms with van der Waals surface area (Å²) in [5, 5.41) is 10.7. The molecule has 0 bridgehead atoms. The highest BCUT2D eigenvalue weighted by Gasteiger charge is 2.14. The van der Waals surface area contributed by atoms with Crippen LogP contribution in [-0.2, 0) is 4.79 Å². The number of hydrogen-bond acceptors (Lipinski definition) is 2. The van der Waals surface area contributed by atoms with Crippen LogP contribution in [0.15, 0.2) is 12.2 Å². The van der Waals surface area contributed by atoms with Gasteiger partial charge in [-0.05, 0) is 38.5 Å². The molecule has 0 radical (unpaired) electrons. The van der Waals surface area contributed by atoms with E-state index in [-0.39, 0.29) is 6.54 Å². The van der Waals surface area contributed by atoms with E-state index in [0.717, 1.165) is 13.0 Å². The van der Waals surface area contributed by atoms with Crippen molar-refractivity contribution in [3.63, 3.8) is 0 Å². The molecule has 0 N–H and O–H groups in total. The van der Waals surface area contributed by atoms with Gasteiger partial charge in [0.25, 0.3) is 0 Å². The summed E-state index contributed by atoms with van der Waals surface area (Å²) in [4.78, 5) is 10.7. The number of rotatable bonds is 22. The first-order valence-electron chi connectivity index (χ1n) is 12.6. The van der Waals surface area contributed by atoms with E-state index in [9.17, 15) is 9.90 Å². The highest BCUT2D eigenvalue weighted by molar-refractivity contribution is 5.65. The highest BCUT2D eigenvalue weighted by Crippen LogP contribution is 2.13. The number of carbonyl (C=O) groups is 1. The minimum Gasteiger partial charge on any atom is -0.544 e. The number of nitrogens with zero attached hydrogens (tertiary/aromatic N) is 1. The Bertz CT molecular complexity index is 390. The summed E-state index contributed by atoms with van der Waals surface area (Å²) in [6.07, 6.45) is 28.9. The zero-order valence-corrected chi connectivity index (χ0v) is 20.1. The van der Waals surface area contributed by atoms with Crippen LogP contribution in [0, 0.1) is 0 Å². The van der Waals surface area contributed by atoms with Crippen molar-refractivity contribution < 1.29 is 14.4 Å². The van der Waals surface area contributed by atoms with Crippen LogP contribution in [-0.4, -0.2) is 37.6 Å². The average molecular weight is 410 g/mol. The summed E-state index contributed by atoms with van der Waals surface area (Å²) in [5.74, 6) is -0.945. The molecule has 0 atom stereocenters. The Kier molecular flexibility index (Phi) is 19.9. The first-order valence-corrected chi connectivity index (χ1v) is 12.6. The standard InChI is InChI=1S/C26H51NO2/c1-4-5-6-7-8-9-10-11-12-13-14-15-16-17-18-19-20-21-22-23-24-27(2,3)25-26(28)29/h11-12H,4-10,13-25H2,1-3H3/b12-11-. The Morgan fingerprint density at radius 2 is 1.03 bits per heavy atom. The molecule has 3 heteroatoms. The van der Waals surface area contributed by atoms with Gasteiger partial charge < -0.3 is 14.4 Å². The quantitative estimate of drug-likeness (QED) is 0.118. The number of unbranched alkanes of at least 4 members (excludes halogenated alkanes) is 16. The second-order valence-corrected chi connectivity index (χ2v) is 9.54. The third-order valence-corrected chi connectivity index (χ3v) is 5.83. The van der Waals surface area contributed by atoms with Gasteiger partial charge in [0.15, 0.2) is 0 Å². The van der Waals surface area contributed by atoms with Crippen LogP contribution in [0.2, 0.25) is 0 Å². The predicted molar refractivity (Wildman–Crippen MR) is 125 cm³/mol. The van der Waals surface area contributed by atoms with Crippen LogP contribution in [0.4, 0.5) is 0 Å². The normalized spacial score (nSPS) is 12.1. The van der Waals surface area contributed by atoms with Crippen LogP contribution in [0.1, 0.15) is 122 Å². The summed E-state index contributed by atoms with van der Waals surface area (Å²) < 4.78 is 0.538. The lowest BCUT2D eigenvalue weighted by Crippen LogP contribution is -2.48. The summed E-state index contributed by atoms with van der Waals surface area (Å²) in [5.41, 5.74) is 0. The van der Waals surface area contributed by atoms with Gasteiger partial charge in [-0.25, -0.2) is 0 Å². The second-order valence-electron chi connectivity index (χ2n) is 9.54. The van der Waals surface area contributed by atoms with E-state index in [1.165, 1.54) is 109 Å². The average Bonchev–Trinajstić information content (AvgIpc) is 2.65. The minimum absolute atomic E-state index is 0.120. The Labute approximate surface area is 182 Å². The fourth-order valence-electron chi connectivity index (χ4n) is 3.92. The zero-order chi connectivity index (χ0) is 21.6. The number of allylic oxidation sites excluding steroid dienone is 2. The van der Waals surface area contributed by atoms with E-state index in [0.29, 0.717) is 4.48 Å². The number of carboxylic acid groups (broad SMARTS) is 1. The summed E-state index contributed by atoms with van der Waals surface area (Å²) in [6.45, 7) is 3.33. The number of quaternary nitrogens is 1. The number of likely N-dealkylation sites (N-methyl/N-ethyl adjacent to an activating group) is 1. The molecule has 3 nitrogen and oxygen atoms in total. The Balaban J connectivity index is 3.22. The van der Waals surface area contributed by atoms with E-state index in [1.54, 1.807) is 0 Å². The van der Waals surface area contributed by atoms with Crippen molar-refractivity contribution in [1.82, 2.24) is 0 Å². The van der Waals surface area contributed by atoms with Crippen molar-refractivity contribution in [2.75, 3.05) is 27.2 Å². The third kappa shape index (κ3) is 23.3. The molecule has 0 saturated carbocycles.